The summed E-state index contributed by atoms with van der Waals surface area (Å²) < 4.78 is 10.4. The fourth-order valence-electron chi connectivity index (χ4n) is 1.54. The minimum absolute atomic E-state index is 0.439. The van der Waals surface area contributed by atoms with Crippen molar-refractivity contribution in [2.75, 3.05) is 12.4 Å². The molecule has 0 heterocycles. The summed E-state index contributed by atoms with van der Waals surface area (Å²) in [6.07, 6.45) is 0.0720. The first-order valence-electron chi connectivity index (χ1n) is 6.25. The van der Waals surface area contributed by atoms with Crippen molar-refractivity contribution < 1.29 is 19.4 Å². The Morgan fingerprint density at radius 3 is 2.60 bits per heavy atom. The minimum Gasteiger partial charge on any atom is -0.495 e. The zero-order chi connectivity index (χ0) is 15.3. The normalized spacial score (nSPS) is 12.4. The largest absolute Gasteiger partial charge is 0.495 e. The highest BCUT2D eigenvalue weighted by Crippen LogP contribution is 2.29. The number of carbonyl (C=O) groups is 1. The molecule has 0 aliphatic heterocycles. The molecule has 1 unspecified atom stereocenters. The first-order valence-corrected chi connectivity index (χ1v) is 6.25. The average Bonchev–Trinajstić information content (AvgIpc) is 2.36. The van der Waals surface area contributed by atoms with Crippen LogP contribution in [0.3, 0.4) is 0 Å². The van der Waals surface area contributed by atoms with Crippen LogP contribution in [0.4, 0.5) is 10.5 Å². The van der Waals surface area contributed by atoms with Gasteiger partial charge in [-0.2, -0.15) is 0 Å². The Kier molecular flexibility index (Phi) is 5.16. The van der Waals surface area contributed by atoms with Crippen LogP contribution in [0.15, 0.2) is 30.9 Å². The summed E-state index contributed by atoms with van der Waals surface area (Å²) in [7, 11) is 1.49. The molecule has 20 heavy (non-hydrogen) atoms. The third-order valence-electron chi connectivity index (χ3n) is 2.43. The van der Waals surface area contributed by atoms with Crippen molar-refractivity contribution in [2.24, 2.45) is 0 Å². The molecule has 0 aliphatic rings. The molecule has 5 heteroatoms. The van der Waals surface area contributed by atoms with Crippen LogP contribution in [0, 0.1) is 0 Å². The van der Waals surface area contributed by atoms with Gasteiger partial charge in [0.2, 0.25) is 0 Å². The van der Waals surface area contributed by atoms with E-state index in [2.05, 4.69) is 11.9 Å². The molecule has 0 fully saturated rings. The monoisotopic (exact) mass is 279 g/mol. The van der Waals surface area contributed by atoms with Gasteiger partial charge in [0.25, 0.3) is 0 Å². The van der Waals surface area contributed by atoms with Crippen molar-refractivity contribution in [3.05, 3.63) is 36.4 Å². The zero-order valence-corrected chi connectivity index (χ0v) is 12.3. The van der Waals surface area contributed by atoms with E-state index < -0.39 is 17.8 Å². The molecule has 110 valence electrons. The van der Waals surface area contributed by atoms with Crippen molar-refractivity contribution in [1.29, 1.82) is 0 Å². The van der Waals surface area contributed by atoms with E-state index in [4.69, 9.17) is 9.47 Å². The molecule has 1 amide bonds. The SMILES string of the molecule is C=CC(O)c1ccc(NC(=O)OC(C)(C)C)c(OC)c1. The van der Waals surface area contributed by atoms with Gasteiger partial charge in [-0.25, -0.2) is 4.79 Å². The van der Waals surface area contributed by atoms with Crippen molar-refractivity contribution >= 4 is 11.8 Å². The number of hydrogen-bond acceptors (Lipinski definition) is 4. The van der Waals surface area contributed by atoms with Crippen LogP contribution in [0.5, 0.6) is 5.75 Å². The minimum atomic E-state index is -0.778. The molecule has 0 saturated carbocycles. The molecule has 2 N–H and O–H groups in total. The highest BCUT2D eigenvalue weighted by molar-refractivity contribution is 5.87. The second-order valence-electron chi connectivity index (χ2n) is 5.27. The predicted molar refractivity (Wildman–Crippen MR) is 78.0 cm³/mol. The van der Waals surface area contributed by atoms with E-state index >= 15 is 0 Å². The van der Waals surface area contributed by atoms with Crippen LogP contribution in [0.25, 0.3) is 0 Å². The lowest BCUT2D eigenvalue weighted by Gasteiger charge is -2.20. The van der Waals surface area contributed by atoms with Crippen molar-refractivity contribution in [1.82, 2.24) is 0 Å². The third-order valence-corrected chi connectivity index (χ3v) is 2.43. The van der Waals surface area contributed by atoms with E-state index in [0.29, 0.717) is 17.0 Å². The number of aliphatic hydroxyl groups is 1. The third kappa shape index (κ3) is 4.59. The van der Waals surface area contributed by atoms with Gasteiger partial charge in [0.15, 0.2) is 0 Å². The first-order chi connectivity index (χ1) is 9.26. The van der Waals surface area contributed by atoms with Gasteiger partial charge >= 0.3 is 6.09 Å². The number of ether oxygens (including phenoxy) is 2. The van der Waals surface area contributed by atoms with Gasteiger partial charge in [-0.3, -0.25) is 5.32 Å². The summed E-state index contributed by atoms with van der Waals surface area (Å²) in [6.45, 7) is 8.88. The zero-order valence-electron chi connectivity index (χ0n) is 12.3. The van der Waals surface area contributed by atoms with E-state index in [9.17, 15) is 9.90 Å². The first kappa shape index (κ1) is 16.0. The summed E-state index contributed by atoms with van der Waals surface area (Å²) in [5.41, 5.74) is 0.532. The molecule has 0 saturated heterocycles. The lowest BCUT2D eigenvalue weighted by molar-refractivity contribution is 0.0635. The fraction of sp³-hybridized carbons (Fsp3) is 0.400. The van der Waals surface area contributed by atoms with Gasteiger partial charge in [0.1, 0.15) is 11.4 Å². The number of hydrogen-bond donors (Lipinski definition) is 2. The van der Waals surface area contributed by atoms with Crippen molar-refractivity contribution in [2.45, 2.75) is 32.5 Å². The summed E-state index contributed by atoms with van der Waals surface area (Å²) >= 11 is 0. The smallest absolute Gasteiger partial charge is 0.412 e. The van der Waals surface area contributed by atoms with Gasteiger partial charge in [-0.1, -0.05) is 12.1 Å². The summed E-state index contributed by atoms with van der Waals surface area (Å²) in [6, 6.07) is 4.96. The van der Waals surface area contributed by atoms with Crippen LogP contribution in [-0.4, -0.2) is 23.9 Å². The quantitative estimate of drug-likeness (QED) is 0.830. The standard InChI is InChI=1S/C15H21NO4/c1-6-12(17)10-7-8-11(13(9-10)19-5)16-14(18)20-15(2,3)4/h6-9,12,17H,1H2,2-5H3,(H,16,18). The van der Waals surface area contributed by atoms with E-state index in [0.717, 1.165) is 0 Å². The number of benzene rings is 1. The highest BCUT2D eigenvalue weighted by Gasteiger charge is 2.18. The summed E-state index contributed by atoms with van der Waals surface area (Å²) in [4.78, 5) is 11.7. The van der Waals surface area contributed by atoms with Gasteiger partial charge in [-0.05, 0) is 38.5 Å². The maximum Gasteiger partial charge on any atom is 0.412 e. The molecule has 1 rings (SSSR count). The number of methoxy groups -OCH3 is 1. The number of nitrogens with one attached hydrogen (secondary N) is 1. The molecule has 0 bridgehead atoms. The number of rotatable bonds is 4. The Morgan fingerprint density at radius 1 is 1.45 bits per heavy atom. The van der Waals surface area contributed by atoms with Crippen LogP contribution in [0.1, 0.15) is 32.4 Å². The van der Waals surface area contributed by atoms with Crippen LogP contribution in [0.2, 0.25) is 0 Å². The summed E-state index contributed by atoms with van der Waals surface area (Å²) in [5.74, 6) is 0.439. The topological polar surface area (TPSA) is 67.8 Å². The molecule has 0 aliphatic carbocycles. The Labute approximate surface area is 119 Å². The Hall–Kier alpha value is -2.01. The molecular formula is C15H21NO4. The molecular weight excluding hydrogens is 258 g/mol. The second kappa shape index (κ2) is 6.43. The van der Waals surface area contributed by atoms with Crippen molar-refractivity contribution in [3.63, 3.8) is 0 Å². The molecule has 0 radical (unpaired) electrons. The number of aliphatic hydroxyl groups excluding tert-OH is 1. The molecule has 0 aromatic heterocycles. The number of amides is 1. The summed E-state index contributed by atoms with van der Waals surface area (Å²) in [5, 5.41) is 12.3. The maximum absolute atomic E-state index is 11.7. The van der Waals surface area contributed by atoms with E-state index in [1.165, 1.54) is 13.2 Å². The molecule has 1 aromatic rings. The predicted octanol–water partition coefficient (Wildman–Crippen LogP) is 3.26. The highest BCUT2D eigenvalue weighted by atomic mass is 16.6. The molecule has 1 atom stereocenters. The molecule has 5 nitrogen and oxygen atoms in total. The maximum atomic E-state index is 11.7. The average molecular weight is 279 g/mol. The molecule has 1 aromatic carbocycles. The fourth-order valence-corrected chi connectivity index (χ4v) is 1.54. The Morgan fingerprint density at radius 2 is 2.10 bits per heavy atom. The lowest BCUT2D eigenvalue weighted by Crippen LogP contribution is -2.27. The van der Waals surface area contributed by atoms with Gasteiger partial charge in [0, 0.05) is 0 Å². The van der Waals surface area contributed by atoms with E-state index in [1.54, 1.807) is 39.0 Å². The van der Waals surface area contributed by atoms with Gasteiger partial charge in [0.05, 0.1) is 18.9 Å². The number of carbonyl (C=O) groups excluding carboxylic acids is 1. The Bertz CT molecular complexity index is 491. The van der Waals surface area contributed by atoms with E-state index in [1.807, 2.05) is 0 Å². The van der Waals surface area contributed by atoms with Crippen molar-refractivity contribution in [3.8, 4) is 5.75 Å². The molecule has 0 spiro atoms. The van der Waals surface area contributed by atoms with Crippen LogP contribution < -0.4 is 10.1 Å². The van der Waals surface area contributed by atoms with Crippen LogP contribution in [-0.2, 0) is 4.74 Å². The van der Waals surface area contributed by atoms with E-state index in [-0.39, 0.29) is 0 Å². The lowest BCUT2D eigenvalue weighted by atomic mass is 10.1. The number of anilines is 1. The second-order valence-corrected chi connectivity index (χ2v) is 5.27. The van der Waals surface area contributed by atoms with Gasteiger partial charge < -0.3 is 14.6 Å². The van der Waals surface area contributed by atoms with Crippen LogP contribution >= 0.6 is 0 Å². The van der Waals surface area contributed by atoms with Gasteiger partial charge in [-0.15, -0.1) is 6.58 Å². The Balaban J connectivity index is 2.91.